The van der Waals surface area contributed by atoms with Crippen LogP contribution < -0.4 is 10.1 Å². The van der Waals surface area contributed by atoms with Crippen LogP contribution in [0.5, 0.6) is 5.75 Å². The number of methoxy groups -OCH3 is 1. The highest BCUT2D eigenvalue weighted by Crippen LogP contribution is 2.37. The maximum Gasteiger partial charge on any atom is 0.231 e. The number of rotatable bonds is 2. The van der Waals surface area contributed by atoms with E-state index in [-0.39, 0.29) is 18.2 Å². The first-order valence-electron chi connectivity index (χ1n) is 7.99. The summed E-state index contributed by atoms with van der Waals surface area (Å²) < 4.78 is 5.27. The Balaban J connectivity index is 1.65. The second-order valence-corrected chi connectivity index (χ2v) is 6.22. The molecule has 2 aromatic rings. The highest BCUT2D eigenvalue weighted by molar-refractivity contribution is 6.01. The predicted molar refractivity (Wildman–Crippen MR) is 89.7 cm³/mol. The van der Waals surface area contributed by atoms with E-state index in [0.717, 1.165) is 5.56 Å². The van der Waals surface area contributed by atoms with Crippen LogP contribution in [0.2, 0.25) is 0 Å². The number of benzene rings is 2. The van der Waals surface area contributed by atoms with Gasteiger partial charge in [-0.15, -0.1) is 0 Å². The first kappa shape index (κ1) is 14.8. The van der Waals surface area contributed by atoms with Gasteiger partial charge in [-0.2, -0.15) is 0 Å². The molecule has 2 aliphatic heterocycles. The Morgan fingerprint density at radius 3 is 2.54 bits per heavy atom. The fraction of sp³-hybridized carbons (Fsp3) is 0.263. The monoisotopic (exact) mass is 322 g/mol. The molecular formula is C19H18N2O3. The number of hydrogen-bond acceptors (Lipinski definition) is 3. The minimum absolute atomic E-state index is 0.00412. The van der Waals surface area contributed by atoms with Crippen LogP contribution in [0, 0.1) is 0 Å². The van der Waals surface area contributed by atoms with Crippen molar-refractivity contribution in [3.63, 3.8) is 0 Å². The van der Waals surface area contributed by atoms with Gasteiger partial charge in [0.25, 0.3) is 0 Å². The summed E-state index contributed by atoms with van der Waals surface area (Å²) in [7, 11) is 1.59. The van der Waals surface area contributed by atoms with E-state index in [1.165, 1.54) is 11.1 Å². The zero-order valence-corrected chi connectivity index (χ0v) is 13.4. The van der Waals surface area contributed by atoms with Crippen LogP contribution in [0.4, 0.5) is 5.69 Å². The third-order valence-electron chi connectivity index (χ3n) is 4.75. The molecule has 0 spiro atoms. The Morgan fingerprint density at radius 1 is 1.17 bits per heavy atom. The molecule has 0 bridgehead atoms. The summed E-state index contributed by atoms with van der Waals surface area (Å²) in [5.74, 6) is 0.101. The van der Waals surface area contributed by atoms with Crippen LogP contribution >= 0.6 is 0 Å². The van der Waals surface area contributed by atoms with Crippen LogP contribution in [0.15, 0.2) is 42.5 Å². The summed E-state index contributed by atoms with van der Waals surface area (Å²) >= 11 is 0. The molecule has 0 aromatic heterocycles. The van der Waals surface area contributed by atoms with E-state index in [0.29, 0.717) is 24.5 Å². The van der Waals surface area contributed by atoms with Crippen LogP contribution in [0.3, 0.4) is 0 Å². The van der Waals surface area contributed by atoms with E-state index in [1.807, 2.05) is 35.2 Å². The van der Waals surface area contributed by atoms with Crippen molar-refractivity contribution in [1.82, 2.24) is 4.90 Å². The van der Waals surface area contributed by atoms with Crippen molar-refractivity contribution in [3.05, 3.63) is 59.2 Å². The summed E-state index contributed by atoms with van der Waals surface area (Å²) in [6.07, 6.45) is 0.172. The lowest BCUT2D eigenvalue weighted by atomic mass is 9.89. The van der Waals surface area contributed by atoms with Gasteiger partial charge < -0.3 is 15.0 Å². The molecule has 122 valence electrons. The standard InChI is InChI=1S/C19H18N2O3/c1-24-14-6-7-17-15(8-14)16(9-18(22)20-17)19(23)21-10-12-4-2-3-5-13(12)11-21/h2-8,16H,9-11H2,1H3,(H,20,22). The number of hydrogen-bond donors (Lipinski definition) is 1. The lowest BCUT2D eigenvalue weighted by Gasteiger charge is -2.28. The quantitative estimate of drug-likeness (QED) is 0.925. The molecule has 0 fully saturated rings. The van der Waals surface area contributed by atoms with Crippen molar-refractivity contribution in [2.24, 2.45) is 0 Å². The molecule has 1 N–H and O–H groups in total. The molecule has 1 unspecified atom stereocenters. The Hall–Kier alpha value is -2.82. The lowest BCUT2D eigenvalue weighted by molar-refractivity contribution is -0.135. The second-order valence-electron chi connectivity index (χ2n) is 6.22. The highest BCUT2D eigenvalue weighted by Gasteiger charge is 2.35. The molecule has 2 aliphatic rings. The van der Waals surface area contributed by atoms with Gasteiger partial charge in [0.1, 0.15) is 5.75 Å². The van der Waals surface area contributed by atoms with Gasteiger partial charge in [0.2, 0.25) is 11.8 Å². The van der Waals surface area contributed by atoms with Crippen molar-refractivity contribution in [1.29, 1.82) is 0 Å². The van der Waals surface area contributed by atoms with E-state index >= 15 is 0 Å². The summed E-state index contributed by atoms with van der Waals surface area (Å²) in [5.41, 5.74) is 3.88. The number of ether oxygens (including phenoxy) is 1. The van der Waals surface area contributed by atoms with E-state index in [9.17, 15) is 9.59 Å². The third-order valence-corrected chi connectivity index (χ3v) is 4.75. The zero-order chi connectivity index (χ0) is 16.7. The van der Waals surface area contributed by atoms with Crippen molar-refractivity contribution < 1.29 is 14.3 Å². The van der Waals surface area contributed by atoms with Crippen LogP contribution in [-0.2, 0) is 22.7 Å². The Morgan fingerprint density at radius 2 is 1.88 bits per heavy atom. The van der Waals surface area contributed by atoms with Crippen molar-refractivity contribution in [2.75, 3.05) is 12.4 Å². The van der Waals surface area contributed by atoms with Gasteiger partial charge in [0.15, 0.2) is 0 Å². The normalized spacial score (nSPS) is 18.6. The lowest BCUT2D eigenvalue weighted by Crippen LogP contribution is -2.35. The number of amides is 2. The fourth-order valence-corrected chi connectivity index (χ4v) is 3.50. The topological polar surface area (TPSA) is 58.6 Å². The minimum Gasteiger partial charge on any atom is -0.497 e. The minimum atomic E-state index is -0.460. The Bertz CT molecular complexity index is 806. The van der Waals surface area contributed by atoms with Gasteiger partial charge in [-0.3, -0.25) is 9.59 Å². The van der Waals surface area contributed by atoms with Crippen LogP contribution in [0.1, 0.15) is 29.0 Å². The fourth-order valence-electron chi connectivity index (χ4n) is 3.50. The van der Waals surface area contributed by atoms with Gasteiger partial charge in [0.05, 0.1) is 13.0 Å². The molecular weight excluding hydrogens is 304 g/mol. The molecule has 0 saturated carbocycles. The van der Waals surface area contributed by atoms with E-state index < -0.39 is 5.92 Å². The number of nitrogens with one attached hydrogen (secondary N) is 1. The van der Waals surface area contributed by atoms with Gasteiger partial charge in [-0.25, -0.2) is 0 Å². The van der Waals surface area contributed by atoms with E-state index in [1.54, 1.807) is 19.2 Å². The van der Waals surface area contributed by atoms with Crippen molar-refractivity contribution >= 4 is 17.5 Å². The maximum atomic E-state index is 13.1. The molecule has 5 nitrogen and oxygen atoms in total. The zero-order valence-electron chi connectivity index (χ0n) is 13.4. The molecule has 2 heterocycles. The average Bonchev–Trinajstić information content (AvgIpc) is 3.04. The predicted octanol–water partition coefficient (Wildman–Crippen LogP) is 2.66. The average molecular weight is 322 g/mol. The maximum absolute atomic E-state index is 13.1. The van der Waals surface area contributed by atoms with Gasteiger partial charge >= 0.3 is 0 Å². The van der Waals surface area contributed by atoms with E-state index in [2.05, 4.69) is 5.32 Å². The summed E-state index contributed by atoms with van der Waals surface area (Å²) in [6, 6.07) is 13.5. The number of carbonyl (C=O) groups excluding carboxylic acids is 2. The van der Waals surface area contributed by atoms with Crippen molar-refractivity contribution in [2.45, 2.75) is 25.4 Å². The second kappa shape index (κ2) is 5.67. The molecule has 0 saturated heterocycles. The first-order chi connectivity index (χ1) is 11.7. The van der Waals surface area contributed by atoms with Crippen LogP contribution in [0.25, 0.3) is 0 Å². The van der Waals surface area contributed by atoms with Gasteiger partial charge in [-0.1, -0.05) is 24.3 Å². The molecule has 0 aliphatic carbocycles. The molecule has 4 rings (SSSR count). The summed E-state index contributed by atoms with van der Waals surface area (Å²) in [5, 5.41) is 2.84. The smallest absolute Gasteiger partial charge is 0.231 e. The molecule has 24 heavy (non-hydrogen) atoms. The number of carbonyl (C=O) groups is 2. The van der Waals surface area contributed by atoms with E-state index in [4.69, 9.17) is 4.74 Å². The Kier molecular flexibility index (Phi) is 3.49. The summed E-state index contributed by atoms with van der Waals surface area (Å²) in [4.78, 5) is 26.9. The van der Waals surface area contributed by atoms with Gasteiger partial charge in [-0.05, 0) is 34.9 Å². The summed E-state index contributed by atoms with van der Waals surface area (Å²) in [6.45, 7) is 1.21. The third kappa shape index (κ3) is 2.42. The number of fused-ring (bicyclic) bond motifs is 2. The highest BCUT2D eigenvalue weighted by atomic mass is 16.5. The van der Waals surface area contributed by atoms with Crippen LogP contribution in [-0.4, -0.2) is 23.8 Å². The SMILES string of the molecule is COc1ccc2c(c1)C(C(=O)N1Cc3ccccc3C1)CC(=O)N2. The molecule has 2 amide bonds. The number of anilines is 1. The number of nitrogens with zero attached hydrogens (tertiary/aromatic N) is 1. The Labute approximate surface area is 140 Å². The molecule has 1 atom stereocenters. The van der Waals surface area contributed by atoms with Crippen molar-refractivity contribution in [3.8, 4) is 5.75 Å². The molecule has 5 heteroatoms. The molecule has 0 radical (unpaired) electrons. The van der Waals surface area contributed by atoms with Gasteiger partial charge in [0, 0.05) is 25.2 Å². The molecule has 2 aromatic carbocycles. The largest absolute Gasteiger partial charge is 0.497 e. The first-order valence-corrected chi connectivity index (χ1v) is 7.99.